The minimum atomic E-state index is 0.0886. The van der Waals surface area contributed by atoms with E-state index in [1.807, 2.05) is 11.9 Å². The van der Waals surface area contributed by atoms with Crippen LogP contribution in [0.15, 0.2) is 18.5 Å². The molecule has 1 N–H and O–H groups in total. The second kappa shape index (κ2) is 6.44. The second-order valence-corrected chi connectivity index (χ2v) is 4.67. The minimum absolute atomic E-state index is 0.0886. The quantitative estimate of drug-likeness (QED) is 0.866. The van der Waals surface area contributed by atoms with Gasteiger partial charge >= 0.3 is 0 Å². The highest BCUT2D eigenvalue weighted by Gasteiger charge is 2.26. The van der Waals surface area contributed by atoms with Gasteiger partial charge in [-0.2, -0.15) is 10.2 Å². The molecule has 2 rings (SSSR count). The Hall–Kier alpha value is -1.49. The van der Waals surface area contributed by atoms with Crippen LogP contribution in [0, 0.1) is 0 Å². The number of amides is 1. The molecule has 1 fully saturated rings. The molecular formula is C13H20N4O. The smallest absolute Gasteiger partial charge is 0.255 e. The van der Waals surface area contributed by atoms with Gasteiger partial charge in [-0.25, -0.2) is 0 Å². The number of hydrogen-bond acceptors (Lipinski definition) is 4. The molecule has 1 aliphatic rings. The van der Waals surface area contributed by atoms with Crippen LogP contribution in [0.5, 0.6) is 0 Å². The number of hydrogen-bond donors (Lipinski definition) is 1. The molecule has 5 heteroatoms. The summed E-state index contributed by atoms with van der Waals surface area (Å²) >= 11 is 0. The monoisotopic (exact) mass is 248 g/mol. The standard InChI is InChI=1S/C13H20N4O/c1-14-7-6-12-4-2-3-9-17(12)13(18)11-5-8-15-16-10-11/h5,8,10,12,14H,2-4,6-7,9H2,1H3. The van der Waals surface area contributed by atoms with Gasteiger partial charge in [0.25, 0.3) is 5.91 Å². The van der Waals surface area contributed by atoms with Gasteiger partial charge in [0.1, 0.15) is 0 Å². The maximum Gasteiger partial charge on any atom is 0.255 e. The summed E-state index contributed by atoms with van der Waals surface area (Å²) in [6, 6.07) is 2.09. The Morgan fingerprint density at radius 3 is 3.11 bits per heavy atom. The highest BCUT2D eigenvalue weighted by molar-refractivity contribution is 5.94. The molecule has 1 unspecified atom stereocenters. The van der Waals surface area contributed by atoms with E-state index in [9.17, 15) is 4.79 Å². The van der Waals surface area contributed by atoms with Crippen molar-refractivity contribution in [3.63, 3.8) is 0 Å². The van der Waals surface area contributed by atoms with Gasteiger partial charge in [-0.3, -0.25) is 4.79 Å². The van der Waals surface area contributed by atoms with Gasteiger partial charge in [-0.1, -0.05) is 0 Å². The number of carbonyl (C=O) groups is 1. The molecule has 0 aliphatic carbocycles. The van der Waals surface area contributed by atoms with Gasteiger partial charge in [-0.05, 0) is 45.3 Å². The zero-order valence-corrected chi connectivity index (χ0v) is 10.8. The van der Waals surface area contributed by atoms with Crippen molar-refractivity contribution in [3.05, 3.63) is 24.0 Å². The van der Waals surface area contributed by atoms with Crippen molar-refractivity contribution in [2.45, 2.75) is 31.7 Å². The predicted octanol–water partition coefficient (Wildman–Crippen LogP) is 1.08. The van der Waals surface area contributed by atoms with E-state index in [1.165, 1.54) is 6.42 Å². The Morgan fingerprint density at radius 1 is 1.50 bits per heavy atom. The van der Waals surface area contributed by atoms with E-state index in [-0.39, 0.29) is 5.91 Å². The van der Waals surface area contributed by atoms with Gasteiger partial charge in [0.05, 0.1) is 18.0 Å². The third-order valence-corrected chi connectivity index (χ3v) is 3.45. The molecule has 0 radical (unpaired) electrons. The average Bonchev–Trinajstić information content (AvgIpc) is 2.45. The van der Waals surface area contributed by atoms with Crippen LogP contribution in [0.4, 0.5) is 0 Å². The number of piperidine rings is 1. The first kappa shape index (κ1) is 13.0. The van der Waals surface area contributed by atoms with Crippen molar-refractivity contribution in [3.8, 4) is 0 Å². The third-order valence-electron chi connectivity index (χ3n) is 3.45. The summed E-state index contributed by atoms with van der Waals surface area (Å²) in [6.45, 7) is 1.80. The first-order chi connectivity index (χ1) is 8.83. The molecule has 0 bridgehead atoms. The van der Waals surface area contributed by atoms with Gasteiger partial charge in [0.2, 0.25) is 0 Å². The van der Waals surface area contributed by atoms with Crippen molar-refractivity contribution < 1.29 is 4.79 Å². The van der Waals surface area contributed by atoms with Crippen molar-refractivity contribution in [2.24, 2.45) is 0 Å². The van der Waals surface area contributed by atoms with Crippen LogP contribution in [0.25, 0.3) is 0 Å². The molecule has 2 heterocycles. The van der Waals surface area contributed by atoms with Crippen LogP contribution < -0.4 is 5.32 Å². The van der Waals surface area contributed by atoms with Gasteiger partial charge in [0.15, 0.2) is 0 Å². The van der Waals surface area contributed by atoms with Crippen LogP contribution in [-0.2, 0) is 0 Å². The molecule has 1 aliphatic heterocycles. The highest BCUT2D eigenvalue weighted by atomic mass is 16.2. The average molecular weight is 248 g/mol. The van der Waals surface area contributed by atoms with Crippen LogP contribution >= 0.6 is 0 Å². The van der Waals surface area contributed by atoms with Crippen LogP contribution in [-0.4, -0.2) is 47.2 Å². The lowest BCUT2D eigenvalue weighted by Gasteiger charge is -2.35. The summed E-state index contributed by atoms with van der Waals surface area (Å²) in [4.78, 5) is 14.4. The molecule has 98 valence electrons. The molecule has 1 aromatic rings. The summed E-state index contributed by atoms with van der Waals surface area (Å²) in [5.74, 6) is 0.0886. The largest absolute Gasteiger partial charge is 0.336 e. The fraction of sp³-hybridized carbons (Fsp3) is 0.615. The molecule has 18 heavy (non-hydrogen) atoms. The fourth-order valence-corrected chi connectivity index (χ4v) is 2.46. The van der Waals surface area contributed by atoms with Crippen molar-refractivity contribution in [1.29, 1.82) is 0 Å². The molecule has 5 nitrogen and oxygen atoms in total. The Morgan fingerprint density at radius 2 is 2.39 bits per heavy atom. The summed E-state index contributed by atoms with van der Waals surface area (Å²) in [7, 11) is 1.95. The lowest BCUT2D eigenvalue weighted by atomic mass is 9.98. The Labute approximate surface area is 108 Å². The Bertz CT molecular complexity index is 382. The van der Waals surface area contributed by atoms with Gasteiger partial charge in [0, 0.05) is 12.6 Å². The third kappa shape index (κ3) is 3.04. The zero-order valence-electron chi connectivity index (χ0n) is 10.8. The molecule has 1 aromatic heterocycles. The highest BCUT2D eigenvalue weighted by Crippen LogP contribution is 2.21. The maximum atomic E-state index is 12.4. The number of nitrogens with one attached hydrogen (secondary N) is 1. The second-order valence-electron chi connectivity index (χ2n) is 4.67. The zero-order chi connectivity index (χ0) is 12.8. The molecule has 1 saturated heterocycles. The van der Waals surface area contributed by atoms with Gasteiger partial charge in [-0.15, -0.1) is 0 Å². The van der Waals surface area contributed by atoms with Crippen molar-refractivity contribution >= 4 is 5.91 Å². The summed E-state index contributed by atoms with van der Waals surface area (Å²) in [5, 5.41) is 10.6. The van der Waals surface area contributed by atoms with Crippen LogP contribution in [0.3, 0.4) is 0 Å². The van der Waals surface area contributed by atoms with E-state index in [2.05, 4.69) is 15.5 Å². The summed E-state index contributed by atoms with van der Waals surface area (Å²) < 4.78 is 0. The van der Waals surface area contributed by atoms with E-state index in [1.54, 1.807) is 18.5 Å². The number of carbonyl (C=O) groups excluding carboxylic acids is 1. The predicted molar refractivity (Wildman–Crippen MR) is 69.3 cm³/mol. The Balaban J connectivity index is 2.06. The first-order valence-corrected chi connectivity index (χ1v) is 6.55. The molecule has 1 amide bonds. The van der Waals surface area contributed by atoms with Crippen molar-refractivity contribution in [1.82, 2.24) is 20.4 Å². The van der Waals surface area contributed by atoms with Gasteiger partial charge < -0.3 is 10.2 Å². The maximum absolute atomic E-state index is 12.4. The minimum Gasteiger partial charge on any atom is -0.336 e. The van der Waals surface area contributed by atoms with E-state index in [0.717, 1.165) is 32.4 Å². The number of likely N-dealkylation sites (tertiary alicyclic amines) is 1. The van der Waals surface area contributed by atoms with Crippen LogP contribution in [0.1, 0.15) is 36.0 Å². The van der Waals surface area contributed by atoms with E-state index < -0.39 is 0 Å². The summed E-state index contributed by atoms with van der Waals surface area (Å²) in [6.07, 6.45) is 7.55. The lowest BCUT2D eigenvalue weighted by molar-refractivity contribution is 0.0602. The molecular weight excluding hydrogens is 228 g/mol. The van der Waals surface area contributed by atoms with E-state index in [4.69, 9.17) is 0 Å². The lowest BCUT2D eigenvalue weighted by Crippen LogP contribution is -2.44. The normalized spacial score (nSPS) is 19.8. The summed E-state index contributed by atoms with van der Waals surface area (Å²) in [5.41, 5.74) is 0.640. The van der Waals surface area contributed by atoms with E-state index >= 15 is 0 Å². The van der Waals surface area contributed by atoms with Crippen molar-refractivity contribution in [2.75, 3.05) is 20.1 Å². The number of aromatic nitrogens is 2. The Kier molecular flexibility index (Phi) is 4.64. The van der Waals surface area contributed by atoms with E-state index in [0.29, 0.717) is 11.6 Å². The molecule has 0 spiro atoms. The molecule has 1 atom stereocenters. The fourth-order valence-electron chi connectivity index (χ4n) is 2.46. The number of nitrogens with zero attached hydrogens (tertiary/aromatic N) is 3. The topological polar surface area (TPSA) is 58.1 Å². The first-order valence-electron chi connectivity index (χ1n) is 6.55. The SMILES string of the molecule is CNCCC1CCCCN1C(=O)c1ccnnc1. The molecule has 0 saturated carbocycles. The molecule has 0 aromatic carbocycles. The van der Waals surface area contributed by atoms with Crippen LogP contribution in [0.2, 0.25) is 0 Å². The number of rotatable bonds is 4.